The van der Waals surface area contributed by atoms with E-state index in [-0.39, 0.29) is 18.1 Å². The first-order valence-corrected chi connectivity index (χ1v) is 7.65. The zero-order valence-electron chi connectivity index (χ0n) is 13.1. The summed E-state index contributed by atoms with van der Waals surface area (Å²) >= 11 is 0. The molecule has 6 nitrogen and oxygen atoms in total. The SMILES string of the molecule is Nc1ccc(Oc2ccnc(CC(=O)N3CCOCC3)c2)c(F)c1. The van der Waals surface area contributed by atoms with E-state index in [1.165, 1.54) is 18.3 Å². The number of hydrogen-bond donors (Lipinski definition) is 1. The molecule has 0 radical (unpaired) electrons. The fourth-order valence-corrected chi connectivity index (χ4v) is 2.42. The van der Waals surface area contributed by atoms with Gasteiger partial charge in [-0.15, -0.1) is 0 Å². The zero-order chi connectivity index (χ0) is 16.9. The van der Waals surface area contributed by atoms with Gasteiger partial charge < -0.3 is 20.1 Å². The molecule has 24 heavy (non-hydrogen) atoms. The van der Waals surface area contributed by atoms with Crippen molar-refractivity contribution in [1.29, 1.82) is 0 Å². The van der Waals surface area contributed by atoms with E-state index in [1.807, 2.05) is 0 Å². The summed E-state index contributed by atoms with van der Waals surface area (Å²) in [6.45, 7) is 2.29. The van der Waals surface area contributed by atoms with Gasteiger partial charge in [0.15, 0.2) is 11.6 Å². The number of nitrogen functional groups attached to an aromatic ring is 1. The van der Waals surface area contributed by atoms with Crippen LogP contribution in [0.3, 0.4) is 0 Å². The molecule has 1 aliphatic rings. The minimum atomic E-state index is -0.544. The summed E-state index contributed by atoms with van der Waals surface area (Å²) in [6, 6.07) is 7.46. The fourth-order valence-electron chi connectivity index (χ4n) is 2.42. The van der Waals surface area contributed by atoms with Crippen LogP contribution in [-0.2, 0) is 16.0 Å². The van der Waals surface area contributed by atoms with Crippen molar-refractivity contribution < 1.29 is 18.7 Å². The maximum Gasteiger partial charge on any atom is 0.228 e. The first kappa shape index (κ1) is 16.2. The number of carbonyl (C=O) groups excluding carboxylic acids is 1. The molecular formula is C17H18FN3O3. The lowest BCUT2D eigenvalue weighted by molar-refractivity contribution is -0.134. The van der Waals surface area contributed by atoms with E-state index in [9.17, 15) is 9.18 Å². The van der Waals surface area contributed by atoms with Gasteiger partial charge >= 0.3 is 0 Å². The Balaban J connectivity index is 1.68. The molecule has 2 heterocycles. The number of halogens is 1. The predicted octanol–water partition coefficient (Wildman–Crippen LogP) is 2.00. The second-order valence-corrected chi connectivity index (χ2v) is 5.44. The van der Waals surface area contributed by atoms with Crippen molar-refractivity contribution in [2.45, 2.75) is 6.42 Å². The second kappa shape index (κ2) is 7.27. The summed E-state index contributed by atoms with van der Waals surface area (Å²) in [5.41, 5.74) is 6.41. The Hall–Kier alpha value is -2.67. The molecule has 1 aliphatic heterocycles. The molecule has 1 aromatic heterocycles. The number of nitrogens with two attached hydrogens (primary N) is 1. The number of carbonyl (C=O) groups is 1. The normalized spacial score (nSPS) is 14.5. The molecule has 1 saturated heterocycles. The van der Waals surface area contributed by atoms with Gasteiger partial charge in [0.2, 0.25) is 5.91 Å². The number of ether oxygens (including phenoxy) is 2. The molecule has 2 N–H and O–H groups in total. The molecule has 2 aromatic rings. The highest BCUT2D eigenvalue weighted by atomic mass is 19.1. The molecule has 1 fully saturated rings. The van der Waals surface area contributed by atoms with E-state index in [0.29, 0.717) is 43.4 Å². The van der Waals surface area contributed by atoms with Crippen molar-refractivity contribution in [3.8, 4) is 11.5 Å². The van der Waals surface area contributed by atoms with Gasteiger partial charge in [0.05, 0.1) is 25.3 Å². The molecule has 1 amide bonds. The molecule has 7 heteroatoms. The largest absolute Gasteiger partial charge is 0.454 e. The Morgan fingerprint density at radius 3 is 2.83 bits per heavy atom. The third-order valence-electron chi connectivity index (χ3n) is 3.67. The summed E-state index contributed by atoms with van der Waals surface area (Å²) in [4.78, 5) is 18.2. The first-order chi connectivity index (χ1) is 11.6. The third-order valence-corrected chi connectivity index (χ3v) is 3.67. The Morgan fingerprint density at radius 2 is 2.08 bits per heavy atom. The minimum Gasteiger partial charge on any atom is -0.454 e. The lowest BCUT2D eigenvalue weighted by atomic mass is 10.2. The van der Waals surface area contributed by atoms with Crippen LogP contribution in [0.15, 0.2) is 36.5 Å². The fraction of sp³-hybridized carbons (Fsp3) is 0.294. The van der Waals surface area contributed by atoms with Gasteiger partial charge in [0.25, 0.3) is 0 Å². The van der Waals surface area contributed by atoms with Crippen LogP contribution < -0.4 is 10.5 Å². The number of benzene rings is 1. The van der Waals surface area contributed by atoms with E-state index in [0.717, 1.165) is 0 Å². The predicted molar refractivity (Wildman–Crippen MR) is 86.2 cm³/mol. The zero-order valence-corrected chi connectivity index (χ0v) is 13.1. The maximum absolute atomic E-state index is 13.8. The van der Waals surface area contributed by atoms with Gasteiger partial charge in [-0.3, -0.25) is 9.78 Å². The summed E-state index contributed by atoms with van der Waals surface area (Å²) in [5, 5.41) is 0. The van der Waals surface area contributed by atoms with Crippen LogP contribution in [0.2, 0.25) is 0 Å². The van der Waals surface area contributed by atoms with E-state index in [1.54, 1.807) is 23.1 Å². The summed E-state index contributed by atoms with van der Waals surface area (Å²) in [5.74, 6) is -0.0707. The second-order valence-electron chi connectivity index (χ2n) is 5.44. The average Bonchev–Trinajstić information content (AvgIpc) is 2.58. The van der Waals surface area contributed by atoms with Crippen molar-refractivity contribution in [3.05, 3.63) is 48.0 Å². The monoisotopic (exact) mass is 331 g/mol. The number of nitrogens with zero attached hydrogens (tertiary/aromatic N) is 2. The number of hydrogen-bond acceptors (Lipinski definition) is 5. The highest BCUT2D eigenvalue weighted by Gasteiger charge is 2.17. The van der Waals surface area contributed by atoms with Crippen molar-refractivity contribution >= 4 is 11.6 Å². The molecular weight excluding hydrogens is 313 g/mol. The van der Waals surface area contributed by atoms with Crippen molar-refractivity contribution in [2.75, 3.05) is 32.0 Å². The van der Waals surface area contributed by atoms with Crippen molar-refractivity contribution in [1.82, 2.24) is 9.88 Å². The summed E-state index contributed by atoms with van der Waals surface area (Å²) in [6.07, 6.45) is 1.70. The molecule has 0 spiro atoms. The molecule has 0 bridgehead atoms. The van der Waals surface area contributed by atoms with Gasteiger partial charge in [0.1, 0.15) is 5.75 Å². The summed E-state index contributed by atoms with van der Waals surface area (Å²) in [7, 11) is 0. The topological polar surface area (TPSA) is 77.7 Å². The van der Waals surface area contributed by atoms with Gasteiger partial charge in [-0.1, -0.05) is 0 Å². The molecule has 0 atom stereocenters. The van der Waals surface area contributed by atoms with Crippen LogP contribution in [0, 0.1) is 5.82 Å². The lowest BCUT2D eigenvalue weighted by Gasteiger charge is -2.26. The van der Waals surface area contributed by atoms with Gasteiger partial charge in [-0.25, -0.2) is 4.39 Å². The number of aromatic nitrogens is 1. The van der Waals surface area contributed by atoms with E-state index >= 15 is 0 Å². The first-order valence-electron chi connectivity index (χ1n) is 7.65. The Kier molecular flexibility index (Phi) is 4.90. The number of amides is 1. The number of anilines is 1. The Morgan fingerprint density at radius 1 is 1.29 bits per heavy atom. The maximum atomic E-state index is 13.8. The Labute approximate surface area is 139 Å². The number of morpholine rings is 1. The molecule has 0 saturated carbocycles. The quantitative estimate of drug-likeness (QED) is 0.867. The standard InChI is InChI=1S/C17H18FN3O3/c18-15-9-12(19)1-2-16(15)24-14-3-4-20-13(10-14)11-17(22)21-5-7-23-8-6-21/h1-4,9-10H,5-8,11,19H2. The van der Waals surface area contributed by atoms with E-state index in [2.05, 4.69) is 4.98 Å². The molecule has 0 unspecified atom stereocenters. The third kappa shape index (κ3) is 3.99. The van der Waals surface area contributed by atoms with E-state index in [4.69, 9.17) is 15.2 Å². The molecule has 3 rings (SSSR count). The molecule has 1 aromatic carbocycles. The van der Waals surface area contributed by atoms with Crippen LogP contribution in [0.25, 0.3) is 0 Å². The lowest BCUT2D eigenvalue weighted by Crippen LogP contribution is -2.41. The summed E-state index contributed by atoms with van der Waals surface area (Å²) < 4.78 is 24.5. The highest BCUT2D eigenvalue weighted by Crippen LogP contribution is 2.26. The minimum absolute atomic E-state index is 0.0124. The highest BCUT2D eigenvalue weighted by molar-refractivity contribution is 5.78. The number of rotatable bonds is 4. The van der Waals surface area contributed by atoms with Gasteiger partial charge in [-0.05, 0) is 18.2 Å². The average molecular weight is 331 g/mol. The van der Waals surface area contributed by atoms with Crippen LogP contribution in [0.5, 0.6) is 11.5 Å². The van der Waals surface area contributed by atoms with Crippen molar-refractivity contribution in [3.63, 3.8) is 0 Å². The van der Waals surface area contributed by atoms with Crippen molar-refractivity contribution in [2.24, 2.45) is 0 Å². The van der Waals surface area contributed by atoms with Crippen LogP contribution in [0.4, 0.5) is 10.1 Å². The van der Waals surface area contributed by atoms with Crippen LogP contribution in [-0.4, -0.2) is 42.1 Å². The molecule has 0 aliphatic carbocycles. The van der Waals surface area contributed by atoms with Crippen LogP contribution in [0.1, 0.15) is 5.69 Å². The van der Waals surface area contributed by atoms with Gasteiger partial charge in [-0.2, -0.15) is 0 Å². The van der Waals surface area contributed by atoms with Crippen LogP contribution >= 0.6 is 0 Å². The molecule has 126 valence electrons. The number of pyridine rings is 1. The van der Waals surface area contributed by atoms with E-state index < -0.39 is 5.82 Å². The smallest absolute Gasteiger partial charge is 0.228 e. The van der Waals surface area contributed by atoms with Gasteiger partial charge in [0, 0.05) is 37.1 Å². The Bertz CT molecular complexity index is 733.